The van der Waals surface area contributed by atoms with E-state index in [1.165, 1.54) is 27.8 Å². The van der Waals surface area contributed by atoms with E-state index in [1.807, 2.05) is 0 Å². The summed E-state index contributed by atoms with van der Waals surface area (Å²) < 4.78 is 0. The molecular weight excluding hydrogens is 276 g/mol. The molecule has 3 rings (SSSR count). The Morgan fingerprint density at radius 3 is 1.65 bits per heavy atom. The average Bonchev–Trinajstić information content (AvgIpc) is 2.78. The molecule has 1 unspecified atom stereocenters. The van der Waals surface area contributed by atoms with Crippen LogP contribution in [-0.4, -0.2) is 0 Å². The molecule has 0 aromatic heterocycles. The van der Waals surface area contributed by atoms with E-state index in [-0.39, 0.29) is 5.41 Å². The minimum absolute atomic E-state index is 0.143. The van der Waals surface area contributed by atoms with Gasteiger partial charge in [0.25, 0.3) is 0 Å². The van der Waals surface area contributed by atoms with Crippen molar-refractivity contribution in [2.75, 3.05) is 0 Å². The number of allylic oxidation sites excluding steroid dienone is 4. The van der Waals surface area contributed by atoms with Crippen LogP contribution in [0.2, 0.25) is 0 Å². The van der Waals surface area contributed by atoms with Crippen molar-refractivity contribution in [3.05, 3.63) is 94.6 Å². The third kappa shape index (κ3) is 3.03. The van der Waals surface area contributed by atoms with Gasteiger partial charge in [-0.1, -0.05) is 84.8 Å². The molecule has 0 radical (unpaired) electrons. The van der Waals surface area contributed by atoms with Crippen LogP contribution in [0.1, 0.15) is 51.2 Å². The van der Waals surface area contributed by atoms with Crippen molar-refractivity contribution in [3.63, 3.8) is 0 Å². The zero-order valence-electron chi connectivity index (χ0n) is 14.6. The lowest BCUT2D eigenvalue weighted by molar-refractivity contribution is 0.444. The van der Waals surface area contributed by atoms with Crippen molar-refractivity contribution < 1.29 is 0 Å². The van der Waals surface area contributed by atoms with Crippen molar-refractivity contribution in [3.8, 4) is 0 Å². The second kappa shape index (κ2) is 6.20. The van der Waals surface area contributed by atoms with Gasteiger partial charge in [0.15, 0.2) is 0 Å². The minimum atomic E-state index is 0.143. The van der Waals surface area contributed by atoms with E-state index in [2.05, 4.69) is 94.4 Å². The van der Waals surface area contributed by atoms with Gasteiger partial charge in [0.05, 0.1) is 0 Å². The van der Waals surface area contributed by atoms with Crippen LogP contribution in [0.25, 0.3) is 0 Å². The van der Waals surface area contributed by atoms with Crippen LogP contribution < -0.4 is 0 Å². The van der Waals surface area contributed by atoms with E-state index in [9.17, 15) is 0 Å². The van der Waals surface area contributed by atoms with E-state index in [0.29, 0.717) is 5.92 Å². The Morgan fingerprint density at radius 2 is 1.26 bits per heavy atom. The second-order valence-electron chi connectivity index (χ2n) is 7.07. The highest BCUT2D eigenvalue weighted by Gasteiger charge is 2.34. The first-order valence-corrected chi connectivity index (χ1v) is 8.49. The fourth-order valence-electron chi connectivity index (χ4n) is 3.85. The fraction of sp³-hybridized carbons (Fsp3) is 0.304. The van der Waals surface area contributed by atoms with Crippen molar-refractivity contribution in [2.24, 2.45) is 5.41 Å². The van der Waals surface area contributed by atoms with Gasteiger partial charge in [-0.2, -0.15) is 0 Å². The molecule has 0 amide bonds. The molecular formula is C23H26. The molecule has 0 aliphatic heterocycles. The van der Waals surface area contributed by atoms with Gasteiger partial charge in [-0.15, -0.1) is 0 Å². The highest BCUT2D eigenvalue weighted by atomic mass is 14.4. The van der Waals surface area contributed by atoms with Crippen LogP contribution in [0.15, 0.2) is 83.5 Å². The molecule has 0 spiro atoms. The molecule has 0 N–H and O–H groups in total. The first-order chi connectivity index (χ1) is 11.0. The summed E-state index contributed by atoms with van der Waals surface area (Å²) in [6, 6.07) is 21.8. The number of rotatable bonds is 4. The first-order valence-electron chi connectivity index (χ1n) is 8.49. The Morgan fingerprint density at radius 1 is 0.783 bits per heavy atom. The second-order valence-corrected chi connectivity index (χ2v) is 7.07. The summed E-state index contributed by atoms with van der Waals surface area (Å²) in [7, 11) is 0. The lowest BCUT2D eigenvalue weighted by Gasteiger charge is -2.31. The summed E-state index contributed by atoms with van der Waals surface area (Å²) in [4.78, 5) is 0. The standard InChI is InChI=1S/C23H26/c1-17-15-23(4,19(3)18(17)2)16-22(20-11-7-5-8-12-20)21-13-9-6-10-14-21/h5-15,22H,16H2,1-4H3. The lowest BCUT2D eigenvalue weighted by Crippen LogP contribution is -2.18. The molecule has 1 aliphatic rings. The van der Waals surface area contributed by atoms with Crippen molar-refractivity contribution >= 4 is 0 Å². The molecule has 0 saturated carbocycles. The normalized spacial score (nSPS) is 21.0. The summed E-state index contributed by atoms with van der Waals surface area (Å²) in [5.41, 5.74) is 7.38. The average molecular weight is 302 g/mol. The first kappa shape index (κ1) is 15.8. The molecule has 2 aromatic rings. The minimum Gasteiger partial charge on any atom is -0.0713 e. The van der Waals surface area contributed by atoms with Crippen molar-refractivity contribution in [2.45, 2.75) is 40.0 Å². The Kier molecular flexibility index (Phi) is 4.26. The fourth-order valence-corrected chi connectivity index (χ4v) is 3.85. The van der Waals surface area contributed by atoms with E-state index in [0.717, 1.165) is 6.42 Å². The summed E-state index contributed by atoms with van der Waals surface area (Å²) in [6.45, 7) is 9.19. The van der Waals surface area contributed by atoms with Crippen LogP contribution in [-0.2, 0) is 0 Å². The highest BCUT2D eigenvalue weighted by Crippen LogP contribution is 2.48. The largest absolute Gasteiger partial charge is 0.0713 e. The summed E-state index contributed by atoms with van der Waals surface area (Å²) >= 11 is 0. The zero-order chi connectivity index (χ0) is 16.4. The van der Waals surface area contributed by atoms with Gasteiger partial charge in [-0.25, -0.2) is 0 Å². The molecule has 0 heteroatoms. The molecule has 1 aliphatic carbocycles. The number of hydrogen-bond acceptors (Lipinski definition) is 0. The predicted octanol–water partition coefficient (Wildman–Crippen LogP) is 6.51. The van der Waals surface area contributed by atoms with E-state index < -0.39 is 0 Å². The third-order valence-corrected chi connectivity index (χ3v) is 5.58. The van der Waals surface area contributed by atoms with Gasteiger partial charge in [0, 0.05) is 11.3 Å². The van der Waals surface area contributed by atoms with E-state index >= 15 is 0 Å². The summed E-state index contributed by atoms with van der Waals surface area (Å²) in [6.07, 6.45) is 3.58. The van der Waals surface area contributed by atoms with Crippen molar-refractivity contribution in [1.29, 1.82) is 0 Å². The molecule has 0 bridgehead atoms. The number of hydrogen-bond donors (Lipinski definition) is 0. The van der Waals surface area contributed by atoms with Gasteiger partial charge >= 0.3 is 0 Å². The van der Waals surface area contributed by atoms with Gasteiger partial charge in [-0.3, -0.25) is 0 Å². The Balaban J connectivity index is 2.02. The Bertz CT molecular complexity index is 695. The Hall–Kier alpha value is -2.08. The Labute approximate surface area is 140 Å². The maximum absolute atomic E-state index is 2.47. The van der Waals surface area contributed by atoms with Gasteiger partial charge in [0.2, 0.25) is 0 Å². The monoisotopic (exact) mass is 302 g/mol. The van der Waals surface area contributed by atoms with E-state index in [1.54, 1.807) is 0 Å². The maximum Gasteiger partial charge on any atom is 0.0101 e. The summed E-state index contributed by atoms with van der Waals surface area (Å²) in [5, 5.41) is 0. The van der Waals surface area contributed by atoms with Gasteiger partial charge < -0.3 is 0 Å². The molecule has 0 saturated heterocycles. The SMILES string of the molecule is CC1=CC(C)(CC(c2ccccc2)c2ccccc2)C(C)=C1C. The van der Waals surface area contributed by atoms with E-state index in [4.69, 9.17) is 0 Å². The van der Waals surface area contributed by atoms with Gasteiger partial charge in [-0.05, 0) is 43.9 Å². The summed E-state index contributed by atoms with van der Waals surface area (Å²) in [5.74, 6) is 0.423. The van der Waals surface area contributed by atoms with Gasteiger partial charge in [0.1, 0.15) is 0 Å². The van der Waals surface area contributed by atoms with Crippen molar-refractivity contribution in [1.82, 2.24) is 0 Å². The molecule has 0 fully saturated rings. The lowest BCUT2D eigenvalue weighted by atomic mass is 9.73. The quantitative estimate of drug-likeness (QED) is 0.603. The van der Waals surface area contributed by atoms with Crippen LogP contribution >= 0.6 is 0 Å². The molecule has 1 atom stereocenters. The molecule has 0 heterocycles. The van der Waals surface area contributed by atoms with Crippen LogP contribution in [0.4, 0.5) is 0 Å². The molecule has 0 nitrogen and oxygen atoms in total. The van der Waals surface area contributed by atoms with Crippen LogP contribution in [0, 0.1) is 5.41 Å². The topological polar surface area (TPSA) is 0 Å². The predicted molar refractivity (Wildman–Crippen MR) is 99.6 cm³/mol. The molecule has 23 heavy (non-hydrogen) atoms. The molecule has 2 aromatic carbocycles. The smallest absolute Gasteiger partial charge is 0.0101 e. The number of benzene rings is 2. The zero-order valence-corrected chi connectivity index (χ0v) is 14.6. The maximum atomic E-state index is 2.47. The highest BCUT2D eigenvalue weighted by molar-refractivity contribution is 5.46. The molecule has 118 valence electrons. The third-order valence-electron chi connectivity index (χ3n) is 5.58. The van der Waals surface area contributed by atoms with Crippen LogP contribution in [0.3, 0.4) is 0 Å². The van der Waals surface area contributed by atoms with Crippen LogP contribution in [0.5, 0.6) is 0 Å².